The fourth-order valence-corrected chi connectivity index (χ4v) is 2.79. The molecule has 0 saturated heterocycles. The minimum atomic E-state index is -0.751. The third-order valence-electron chi connectivity index (χ3n) is 3.78. The first-order chi connectivity index (χ1) is 7.27. The average molecular weight is 232 g/mol. The zero-order valence-electron chi connectivity index (χ0n) is 10.9. The largest absolute Gasteiger partial charge is 0.393 e. The van der Waals surface area contributed by atoms with Crippen LogP contribution in [0.2, 0.25) is 0 Å². The van der Waals surface area contributed by atoms with E-state index in [1.807, 2.05) is 27.7 Å². The Morgan fingerprint density at radius 2 is 1.75 bits per heavy atom. The van der Waals surface area contributed by atoms with Gasteiger partial charge in [0.15, 0.2) is 0 Å². The molecule has 0 aromatic heterocycles. The molecule has 0 saturated carbocycles. The smallest absolute Gasteiger partial charge is 0.348 e. The molecule has 0 aliphatic rings. The maximum absolute atomic E-state index is 11.8. The maximum Gasteiger partial charge on any atom is 0.348 e. The first-order valence-electron chi connectivity index (χ1n) is 5.81. The van der Waals surface area contributed by atoms with Gasteiger partial charge in [0.25, 0.3) is 0 Å². The Kier molecular flexibility index (Phi) is 5.42. The highest BCUT2D eigenvalue weighted by atomic mass is 17.1. The zero-order chi connectivity index (χ0) is 13.0. The molecule has 0 aromatic rings. The summed E-state index contributed by atoms with van der Waals surface area (Å²) < 4.78 is 0. The average Bonchev–Trinajstić information content (AvgIpc) is 2.17. The Morgan fingerprint density at radius 1 is 1.31 bits per heavy atom. The van der Waals surface area contributed by atoms with Gasteiger partial charge in [-0.2, -0.15) is 5.26 Å². The quantitative estimate of drug-likeness (QED) is 0.545. The van der Waals surface area contributed by atoms with E-state index < -0.39 is 22.9 Å². The first-order valence-corrected chi connectivity index (χ1v) is 5.81. The monoisotopic (exact) mass is 232 g/mol. The molecule has 0 fully saturated rings. The molecule has 96 valence electrons. The van der Waals surface area contributed by atoms with E-state index in [1.165, 1.54) is 0 Å². The van der Waals surface area contributed by atoms with Crippen molar-refractivity contribution in [3.05, 3.63) is 0 Å². The molecule has 0 bridgehead atoms. The summed E-state index contributed by atoms with van der Waals surface area (Å²) in [5, 5.41) is 18.1. The van der Waals surface area contributed by atoms with Crippen molar-refractivity contribution in [1.29, 1.82) is 0 Å². The molecule has 0 aliphatic heterocycles. The maximum atomic E-state index is 11.8. The van der Waals surface area contributed by atoms with Crippen LogP contribution >= 0.6 is 0 Å². The van der Waals surface area contributed by atoms with Crippen LogP contribution in [0, 0.1) is 10.8 Å². The van der Waals surface area contributed by atoms with Crippen molar-refractivity contribution in [1.82, 2.24) is 0 Å². The van der Waals surface area contributed by atoms with Gasteiger partial charge in [0.05, 0.1) is 11.5 Å². The van der Waals surface area contributed by atoms with Crippen LogP contribution in [0.4, 0.5) is 0 Å². The van der Waals surface area contributed by atoms with Crippen LogP contribution in [-0.4, -0.2) is 22.4 Å². The van der Waals surface area contributed by atoms with Crippen LogP contribution in [0.5, 0.6) is 0 Å². The minimum Gasteiger partial charge on any atom is -0.393 e. The molecule has 0 radical (unpaired) electrons. The molecule has 4 heteroatoms. The Labute approximate surface area is 97.5 Å². The molecular weight excluding hydrogens is 208 g/mol. The van der Waals surface area contributed by atoms with Crippen molar-refractivity contribution in [3.63, 3.8) is 0 Å². The summed E-state index contributed by atoms with van der Waals surface area (Å²) in [6, 6.07) is 0. The predicted molar refractivity (Wildman–Crippen MR) is 61.8 cm³/mol. The van der Waals surface area contributed by atoms with Crippen molar-refractivity contribution >= 4 is 5.97 Å². The molecule has 1 unspecified atom stereocenters. The molecule has 0 amide bonds. The molecular formula is C12H24O4. The van der Waals surface area contributed by atoms with Gasteiger partial charge >= 0.3 is 5.97 Å². The second-order valence-electron chi connectivity index (χ2n) is 5.10. The fraction of sp³-hybridized carbons (Fsp3) is 0.917. The summed E-state index contributed by atoms with van der Waals surface area (Å²) in [6.45, 7) is 9.32. The molecule has 1 atom stereocenters. The number of aliphatic hydroxyl groups is 1. The third kappa shape index (κ3) is 2.74. The highest BCUT2D eigenvalue weighted by Gasteiger charge is 2.50. The van der Waals surface area contributed by atoms with E-state index in [0.717, 1.165) is 0 Å². The van der Waals surface area contributed by atoms with Gasteiger partial charge in [-0.15, -0.1) is 0 Å². The summed E-state index contributed by atoms with van der Waals surface area (Å²) in [4.78, 5) is 15.7. The molecule has 0 aliphatic carbocycles. The van der Waals surface area contributed by atoms with Crippen LogP contribution in [0.1, 0.15) is 53.9 Å². The normalized spacial score (nSPS) is 14.7. The highest BCUT2D eigenvalue weighted by molar-refractivity contribution is 5.77. The molecule has 0 spiro atoms. The van der Waals surface area contributed by atoms with Gasteiger partial charge in [-0.3, -0.25) is 0 Å². The SMILES string of the molecule is CCC(CC)(C(=O)OO)C(C)(C)CC(C)O. The number of rotatable bonds is 6. The van der Waals surface area contributed by atoms with Crippen LogP contribution in [0.3, 0.4) is 0 Å². The molecule has 2 N–H and O–H groups in total. The fourth-order valence-electron chi connectivity index (χ4n) is 2.79. The number of aliphatic hydroxyl groups excluding tert-OH is 1. The van der Waals surface area contributed by atoms with Gasteiger partial charge in [-0.1, -0.05) is 27.7 Å². The lowest BCUT2D eigenvalue weighted by Crippen LogP contribution is -2.46. The first kappa shape index (κ1) is 15.4. The van der Waals surface area contributed by atoms with E-state index in [-0.39, 0.29) is 0 Å². The number of hydrogen-bond donors (Lipinski definition) is 2. The molecule has 0 rings (SSSR count). The Bertz CT molecular complexity index is 229. The van der Waals surface area contributed by atoms with Gasteiger partial charge in [0, 0.05) is 0 Å². The zero-order valence-corrected chi connectivity index (χ0v) is 10.9. The third-order valence-corrected chi connectivity index (χ3v) is 3.78. The second kappa shape index (κ2) is 5.64. The van der Waals surface area contributed by atoms with Crippen LogP contribution in [0.15, 0.2) is 0 Å². The Balaban J connectivity index is 5.23. The highest BCUT2D eigenvalue weighted by Crippen LogP contribution is 2.48. The lowest BCUT2D eigenvalue weighted by molar-refractivity contribution is -0.253. The van der Waals surface area contributed by atoms with E-state index in [9.17, 15) is 9.90 Å². The lowest BCUT2D eigenvalue weighted by atomic mass is 9.60. The summed E-state index contributed by atoms with van der Waals surface area (Å²) in [5.41, 5.74) is -1.18. The number of hydrogen-bond acceptors (Lipinski definition) is 4. The Morgan fingerprint density at radius 3 is 2.00 bits per heavy atom. The van der Waals surface area contributed by atoms with Crippen molar-refractivity contribution in [2.24, 2.45) is 10.8 Å². The molecule has 0 aromatic carbocycles. The van der Waals surface area contributed by atoms with Crippen molar-refractivity contribution in [2.75, 3.05) is 0 Å². The van der Waals surface area contributed by atoms with Crippen LogP contribution < -0.4 is 0 Å². The van der Waals surface area contributed by atoms with Crippen LogP contribution in [-0.2, 0) is 9.68 Å². The predicted octanol–water partition coefficient (Wildman–Crippen LogP) is 2.61. The van der Waals surface area contributed by atoms with E-state index >= 15 is 0 Å². The van der Waals surface area contributed by atoms with Gasteiger partial charge < -0.3 is 9.99 Å². The molecule has 4 nitrogen and oxygen atoms in total. The van der Waals surface area contributed by atoms with E-state index in [2.05, 4.69) is 4.89 Å². The number of carbonyl (C=O) groups excluding carboxylic acids is 1. The summed E-state index contributed by atoms with van der Waals surface area (Å²) in [5.74, 6) is -0.608. The summed E-state index contributed by atoms with van der Waals surface area (Å²) >= 11 is 0. The molecule has 0 heterocycles. The van der Waals surface area contributed by atoms with E-state index in [1.54, 1.807) is 6.92 Å². The minimum absolute atomic E-state index is 0.426. The lowest BCUT2D eigenvalue weighted by Gasteiger charge is -2.43. The summed E-state index contributed by atoms with van der Waals surface area (Å²) in [6.07, 6.45) is 1.15. The van der Waals surface area contributed by atoms with Gasteiger partial charge in [-0.05, 0) is 31.6 Å². The molecule has 16 heavy (non-hydrogen) atoms. The summed E-state index contributed by atoms with van der Waals surface area (Å²) in [7, 11) is 0. The topological polar surface area (TPSA) is 66.8 Å². The van der Waals surface area contributed by atoms with Crippen molar-refractivity contribution < 1.29 is 20.0 Å². The van der Waals surface area contributed by atoms with E-state index in [0.29, 0.717) is 19.3 Å². The second-order valence-corrected chi connectivity index (χ2v) is 5.10. The standard InChI is InChI=1S/C12H24O4/c1-6-12(7-2,10(14)16-15)11(4,5)8-9(3)13/h9,13,15H,6-8H2,1-5H3. The van der Waals surface area contributed by atoms with Crippen LogP contribution in [0.25, 0.3) is 0 Å². The number of carbonyl (C=O) groups is 1. The van der Waals surface area contributed by atoms with Gasteiger partial charge in [0.1, 0.15) is 0 Å². The van der Waals surface area contributed by atoms with Crippen molar-refractivity contribution in [3.8, 4) is 0 Å². The van der Waals surface area contributed by atoms with Crippen molar-refractivity contribution in [2.45, 2.75) is 60.0 Å². The Hall–Kier alpha value is -0.610. The van der Waals surface area contributed by atoms with Gasteiger partial charge in [-0.25, -0.2) is 4.79 Å². The van der Waals surface area contributed by atoms with Gasteiger partial charge in [0.2, 0.25) is 0 Å². The van der Waals surface area contributed by atoms with E-state index in [4.69, 9.17) is 5.26 Å².